The molecule has 0 saturated carbocycles. The first-order valence-corrected chi connectivity index (χ1v) is 4.57. The van der Waals surface area contributed by atoms with E-state index in [9.17, 15) is 0 Å². The highest BCUT2D eigenvalue weighted by Crippen LogP contribution is 2.36. The number of alkyl halides is 1. The van der Waals surface area contributed by atoms with E-state index >= 15 is 0 Å². The van der Waals surface area contributed by atoms with Crippen LogP contribution >= 0.6 is 23.2 Å². The molecule has 1 unspecified atom stereocenters. The van der Waals surface area contributed by atoms with Gasteiger partial charge >= 0.3 is 0 Å². The summed E-state index contributed by atoms with van der Waals surface area (Å²) in [4.78, 5) is 0. The number of allylic oxidation sites excluding steroid dienone is 1. The van der Waals surface area contributed by atoms with Crippen molar-refractivity contribution in [1.82, 2.24) is 0 Å². The molecule has 1 rings (SSSR count). The van der Waals surface area contributed by atoms with Crippen molar-refractivity contribution in [3.63, 3.8) is 0 Å². The van der Waals surface area contributed by atoms with Gasteiger partial charge in [0.1, 0.15) is 0 Å². The van der Waals surface area contributed by atoms with Crippen LogP contribution in [0.3, 0.4) is 0 Å². The van der Waals surface area contributed by atoms with Gasteiger partial charge in [-0.1, -0.05) is 18.2 Å². The summed E-state index contributed by atoms with van der Waals surface area (Å²) in [6.07, 6.45) is 1.78. The molecule has 11 heavy (non-hydrogen) atoms. The molecule has 1 aliphatic rings. The minimum Gasteiger partial charge on any atom is -0.381 e. The molecule has 1 heterocycles. The second-order valence-electron chi connectivity index (χ2n) is 3.13. The van der Waals surface area contributed by atoms with E-state index in [4.69, 9.17) is 27.9 Å². The average Bonchev–Trinajstić information content (AvgIpc) is 2.36. The molecule has 1 aliphatic heterocycles. The number of halogens is 2. The molecular formula is C8H12Cl2O. The van der Waals surface area contributed by atoms with E-state index in [1.807, 2.05) is 0 Å². The van der Waals surface area contributed by atoms with Crippen LogP contribution in [-0.4, -0.2) is 19.1 Å². The fourth-order valence-electron chi connectivity index (χ4n) is 1.35. The summed E-state index contributed by atoms with van der Waals surface area (Å²) in [6, 6.07) is 0. The van der Waals surface area contributed by atoms with Gasteiger partial charge in [0.15, 0.2) is 0 Å². The standard InChI is InChI=1S/C8H12Cl2O/c1-7(10)4-8(5-9)2-3-11-6-8/h1-6H2. The Bertz CT molecular complexity index is 150. The summed E-state index contributed by atoms with van der Waals surface area (Å²) in [6.45, 7) is 5.19. The maximum Gasteiger partial charge on any atom is 0.0538 e. The minimum atomic E-state index is 0.0698. The maximum absolute atomic E-state index is 5.83. The Morgan fingerprint density at radius 2 is 2.36 bits per heavy atom. The molecule has 0 aromatic heterocycles. The van der Waals surface area contributed by atoms with Crippen molar-refractivity contribution in [2.75, 3.05) is 19.1 Å². The van der Waals surface area contributed by atoms with Crippen molar-refractivity contribution in [2.24, 2.45) is 5.41 Å². The summed E-state index contributed by atoms with van der Waals surface area (Å²) in [7, 11) is 0. The number of hydrogen-bond acceptors (Lipinski definition) is 1. The smallest absolute Gasteiger partial charge is 0.0538 e. The maximum atomic E-state index is 5.83. The lowest BCUT2D eigenvalue weighted by molar-refractivity contribution is 0.161. The third kappa shape index (κ3) is 2.36. The molecule has 0 aromatic carbocycles. The van der Waals surface area contributed by atoms with Gasteiger partial charge in [0.25, 0.3) is 0 Å². The van der Waals surface area contributed by atoms with E-state index in [-0.39, 0.29) is 5.41 Å². The van der Waals surface area contributed by atoms with Crippen molar-refractivity contribution in [3.8, 4) is 0 Å². The van der Waals surface area contributed by atoms with Crippen LogP contribution in [0.25, 0.3) is 0 Å². The van der Waals surface area contributed by atoms with Crippen molar-refractivity contribution >= 4 is 23.2 Å². The average molecular weight is 195 g/mol. The van der Waals surface area contributed by atoms with Crippen LogP contribution in [0.5, 0.6) is 0 Å². The zero-order chi connectivity index (χ0) is 8.32. The monoisotopic (exact) mass is 194 g/mol. The van der Waals surface area contributed by atoms with Crippen LogP contribution in [0.4, 0.5) is 0 Å². The molecule has 1 fully saturated rings. The highest BCUT2D eigenvalue weighted by atomic mass is 35.5. The fraction of sp³-hybridized carbons (Fsp3) is 0.750. The van der Waals surface area contributed by atoms with Gasteiger partial charge in [-0.3, -0.25) is 0 Å². The molecule has 1 saturated heterocycles. The molecule has 0 bridgehead atoms. The van der Waals surface area contributed by atoms with Crippen LogP contribution in [0.1, 0.15) is 12.8 Å². The number of hydrogen-bond donors (Lipinski definition) is 0. The third-order valence-corrected chi connectivity index (χ3v) is 2.74. The first-order chi connectivity index (χ1) is 5.18. The predicted octanol–water partition coefficient (Wildman–Crippen LogP) is 2.77. The lowest BCUT2D eigenvalue weighted by atomic mass is 9.86. The summed E-state index contributed by atoms with van der Waals surface area (Å²) in [5.74, 6) is 0.610. The summed E-state index contributed by atoms with van der Waals surface area (Å²) in [5.41, 5.74) is 0.0698. The molecule has 3 heteroatoms. The van der Waals surface area contributed by atoms with E-state index in [0.29, 0.717) is 10.9 Å². The Labute approximate surface area is 77.3 Å². The molecule has 0 aliphatic carbocycles. The Morgan fingerprint density at radius 1 is 1.64 bits per heavy atom. The largest absolute Gasteiger partial charge is 0.381 e. The van der Waals surface area contributed by atoms with Crippen molar-refractivity contribution in [1.29, 1.82) is 0 Å². The van der Waals surface area contributed by atoms with Crippen LogP contribution in [-0.2, 0) is 4.74 Å². The van der Waals surface area contributed by atoms with Gasteiger partial charge in [0, 0.05) is 22.9 Å². The number of ether oxygens (including phenoxy) is 1. The van der Waals surface area contributed by atoms with E-state index in [0.717, 1.165) is 26.1 Å². The van der Waals surface area contributed by atoms with E-state index in [2.05, 4.69) is 6.58 Å². The Kier molecular flexibility index (Phi) is 3.23. The Morgan fingerprint density at radius 3 is 2.73 bits per heavy atom. The normalized spacial score (nSPS) is 30.7. The van der Waals surface area contributed by atoms with Gasteiger partial charge in [0.05, 0.1) is 6.61 Å². The van der Waals surface area contributed by atoms with E-state index in [1.54, 1.807) is 0 Å². The molecule has 0 amide bonds. The lowest BCUT2D eigenvalue weighted by Gasteiger charge is -2.23. The first kappa shape index (κ1) is 9.37. The van der Waals surface area contributed by atoms with E-state index in [1.165, 1.54) is 0 Å². The van der Waals surface area contributed by atoms with Crippen molar-refractivity contribution in [3.05, 3.63) is 11.6 Å². The second kappa shape index (κ2) is 3.79. The third-order valence-electron chi connectivity index (χ3n) is 2.04. The summed E-state index contributed by atoms with van der Waals surface area (Å²) in [5, 5.41) is 0.677. The zero-order valence-electron chi connectivity index (χ0n) is 6.41. The van der Waals surface area contributed by atoms with Gasteiger partial charge in [-0.15, -0.1) is 11.6 Å². The fourth-order valence-corrected chi connectivity index (χ4v) is 1.94. The topological polar surface area (TPSA) is 9.23 Å². The first-order valence-electron chi connectivity index (χ1n) is 3.65. The van der Waals surface area contributed by atoms with Crippen LogP contribution in [0, 0.1) is 5.41 Å². The zero-order valence-corrected chi connectivity index (χ0v) is 7.92. The van der Waals surface area contributed by atoms with Gasteiger partial charge in [-0.05, 0) is 12.8 Å². The van der Waals surface area contributed by atoms with Gasteiger partial charge in [-0.25, -0.2) is 0 Å². The lowest BCUT2D eigenvalue weighted by Crippen LogP contribution is -2.22. The van der Waals surface area contributed by atoms with Crippen LogP contribution in [0.2, 0.25) is 0 Å². The molecular weight excluding hydrogens is 183 g/mol. The minimum absolute atomic E-state index is 0.0698. The predicted molar refractivity (Wildman–Crippen MR) is 48.2 cm³/mol. The second-order valence-corrected chi connectivity index (χ2v) is 3.93. The number of rotatable bonds is 3. The highest BCUT2D eigenvalue weighted by Gasteiger charge is 2.34. The van der Waals surface area contributed by atoms with Gasteiger partial charge in [-0.2, -0.15) is 0 Å². The molecule has 0 spiro atoms. The van der Waals surface area contributed by atoms with Crippen LogP contribution in [0.15, 0.2) is 11.6 Å². The van der Waals surface area contributed by atoms with E-state index < -0.39 is 0 Å². The summed E-state index contributed by atoms with van der Waals surface area (Å²) >= 11 is 11.5. The SMILES string of the molecule is C=C(Cl)CC1(CCl)CCOC1. The molecule has 64 valence electrons. The van der Waals surface area contributed by atoms with Crippen molar-refractivity contribution < 1.29 is 4.74 Å². The molecule has 0 radical (unpaired) electrons. The molecule has 0 N–H and O–H groups in total. The van der Waals surface area contributed by atoms with Crippen LogP contribution < -0.4 is 0 Å². The molecule has 0 aromatic rings. The van der Waals surface area contributed by atoms with Crippen molar-refractivity contribution in [2.45, 2.75) is 12.8 Å². The Balaban J connectivity index is 2.52. The summed E-state index contributed by atoms with van der Waals surface area (Å²) < 4.78 is 5.27. The molecule has 1 nitrogen and oxygen atoms in total. The van der Waals surface area contributed by atoms with Gasteiger partial charge < -0.3 is 4.74 Å². The quantitative estimate of drug-likeness (QED) is 0.629. The Hall–Kier alpha value is 0.280. The highest BCUT2D eigenvalue weighted by molar-refractivity contribution is 6.29. The molecule has 1 atom stereocenters. The van der Waals surface area contributed by atoms with Gasteiger partial charge in [0.2, 0.25) is 0 Å².